The molecule has 0 saturated carbocycles. The lowest BCUT2D eigenvalue weighted by Crippen LogP contribution is -2.22. The van der Waals surface area contributed by atoms with Gasteiger partial charge >= 0.3 is 0 Å². The van der Waals surface area contributed by atoms with Crippen molar-refractivity contribution in [2.24, 2.45) is 0 Å². The number of pyridine rings is 1. The van der Waals surface area contributed by atoms with Gasteiger partial charge in [0.25, 0.3) is 0 Å². The summed E-state index contributed by atoms with van der Waals surface area (Å²) in [4.78, 5) is 15.1. The number of anilines is 1. The van der Waals surface area contributed by atoms with Crippen LogP contribution in [0.1, 0.15) is 18.9 Å². The number of nitriles is 1. The largest absolute Gasteiger partial charge is 0.369 e. The fourth-order valence-corrected chi connectivity index (χ4v) is 2.04. The number of benzene rings is 1. The summed E-state index contributed by atoms with van der Waals surface area (Å²) in [5.74, 6) is 0.535. The number of hydrogen-bond donors (Lipinski definition) is 2. The molecule has 0 aliphatic heterocycles. The predicted octanol–water partition coefficient (Wildman–Crippen LogP) is 2.56. The number of nitrogens with zero attached hydrogens (tertiary/aromatic N) is 2. The number of carbonyl (C=O) groups excluding carboxylic acids is 1. The number of carbonyl (C=O) groups is 1. The molecule has 0 radical (unpaired) electrons. The van der Waals surface area contributed by atoms with Crippen molar-refractivity contribution in [1.29, 1.82) is 5.26 Å². The Hall–Kier alpha value is -2.87. The highest BCUT2D eigenvalue weighted by Gasteiger charge is 2.06. The molecule has 1 aromatic heterocycles. The van der Waals surface area contributed by atoms with Crippen molar-refractivity contribution in [3.63, 3.8) is 0 Å². The maximum absolute atomic E-state index is 10.8. The van der Waals surface area contributed by atoms with Crippen LogP contribution in [-0.4, -0.2) is 24.0 Å². The second-order valence-corrected chi connectivity index (χ2v) is 4.86. The summed E-state index contributed by atoms with van der Waals surface area (Å²) in [6, 6.07) is 13.8. The molecule has 0 aliphatic carbocycles. The van der Waals surface area contributed by atoms with E-state index in [1.165, 1.54) is 6.92 Å². The van der Waals surface area contributed by atoms with E-state index >= 15 is 0 Å². The molecule has 0 atom stereocenters. The van der Waals surface area contributed by atoms with Gasteiger partial charge in [-0.3, -0.25) is 4.79 Å². The fourth-order valence-electron chi connectivity index (χ4n) is 2.04. The summed E-state index contributed by atoms with van der Waals surface area (Å²) in [7, 11) is 0. The Balaban J connectivity index is 2.01. The van der Waals surface area contributed by atoms with Crippen LogP contribution in [0.5, 0.6) is 0 Å². The molecule has 0 aliphatic rings. The lowest BCUT2D eigenvalue weighted by atomic mass is 10.1. The number of nitrogens with one attached hydrogen (secondary N) is 2. The van der Waals surface area contributed by atoms with Crippen LogP contribution in [0.25, 0.3) is 11.1 Å². The van der Waals surface area contributed by atoms with Crippen molar-refractivity contribution >= 4 is 11.7 Å². The van der Waals surface area contributed by atoms with Crippen LogP contribution < -0.4 is 10.6 Å². The van der Waals surface area contributed by atoms with Gasteiger partial charge in [0.05, 0.1) is 5.56 Å². The van der Waals surface area contributed by atoms with Gasteiger partial charge in [0, 0.05) is 31.8 Å². The van der Waals surface area contributed by atoms with E-state index in [1.807, 2.05) is 36.4 Å². The Labute approximate surface area is 130 Å². The number of rotatable bonds is 6. The summed E-state index contributed by atoms with van der Waals surface area (Å²) in [5.41, 5.74) is 2.46. The van der Waals surface area contributed by atoms with Crippen LogP contribution in [0.4, 0.5) is 5.82 Å². The Morgan fingerprint density at radius 3 is 2.68 bits per heavy atom. The Morgan fingerprint density at radius 1 is 1.23 bits per heavy atom. The third-order valence-electron chi connectivity index (χ3n) is 3.14. The number of aromatic nitrogens is 1. The van der Waals surface area contributed by atoms with Gasteiger partial charge in [-0.25, -0.2) is 4.98 Å². The molecule has 112 valence electrons. The van der Waals surface area contributed by atoms with Crippen molar-refractivity contribution in [2.45, 2.75) is 13.3 Å². The average molecular weight is 294 g/mol. The van der Waals surface area contributed by atoms with Gasteiger partial charge in [-0.1, -0.05) is 30.3 Å². The molecule has 0 fully saturated rings. The summed E-state index contributed by atoms with van der Waals surface area (Å²) < 4.78 is 0. The van der Waals surface area contributed by atoms with E-state index in [-0.39, 0.29) is 5.91 Å². The highest BCUT2D eigenvalue weighted by molar-refractivity contribution is 5.72. The van der Waals surface area contributed by atoms with E-state index < -0.39 is 0 Å². The number of hydrogen-bond acceptors (Lipinski definition) is 4. The summed E-state index contributed by atoms with van der Waals surface area (Å²) in [6.07, 6.45) is 2.53. The molecule has 1 amide bonds. The first-order valence-corrected chi connectivity index (χ1v) is 7.14. The van der Waals surface area contributed by atoms with Crippen molar-refractivity contribution in [1.82, 2.24) is 10.3 Å². The van der Waals surface area contributed by atoms with Crippen molar-refractivity contribution in [3.05, 3.63) is 48.2 Å². The topological polar surface area (TPSA) is 77.8 Å². The quantitative estimate of drug-likeness (QED) is 0.803. The highest BCUT2D eigenvalue weighted by Crippen LogP contribution is 2.22. The van der Waals surface area contributed by atoms with E-state index in [0.717, 1.165) is 17.5 Å². The molecular formula is C17H18N4O. The van der Waals surface area contributed by atoms with Crippen LogP contribution in [0.3, 0.4) is 0 Å². The molecule has 5 heteroatoms. The standard InChI is InChI=1S/C17H18N4O/c1-13(22)19-8-5-9-20-17-15(11-18)10-16(12-21-17)14-6-3-2-4-7-14/h2-4,6-7,10,12H,5,8-9H2,1H3,(H,19,22)(H,20,21). The minimum absolute atomic E-state index is 0.0388. The zero-order chi connectivity index (χ0) is 15.8. The molecule has 5 nitrogen and oxygen atoms in total. The van der Waals surface area contributed by atoms with Crippen LogP contribution >= 0.6 is 0 Å². The van der Waals surface area contributed by atoms with Gasteiger partial charge in [-0.15, -0.1) is 0 Å². The maximum Gasteiger partial charge on any atom is 0.216 e. The molecule has 0 bridgehead atoms. The average Bonchev–Trinajstić information content (AvgIpc) is 2.55. The molecule has 0 saturated heterocycles. The number of amides is 1. The molecular weight excluding hydrogens is 276 g/mol. The van der Waals surface area contributed by atoms with E-state index in [4.69, 9.17) is 0 Å². The zero-order valence-electron chi connectivity index (χ0n) is 12.5. The maximum atomic E-state index is 10.8. The van der Waals surface area contributed by atoms with Crippen molar-refractivity contribution in [2.75, 3.05) is 18.4 Å². The van der Waals surface area contributed by atoms with Gasteiger partial charge in [0.15, 0.2) is 0 Å². The summed E-state index contributed by atoms with van der Waals surface area (Å²) >= 11 is 0. The normalized spacial score (nSPS) is 9.82. The minimum atomic E-state index is -0.0388. The third-order valence-corrected chi connectivity index (χ3v) is 3.14. The molecule has 22 heavy (non-hydrogen) atoms. The van der Waals surface area contributed by atoms with Gasteiger partial charge in [-0.2, -0.15) is 5.26 Å². The molecule has 0 unspecified atom stereocenters. The molecule has 2 rings (SSSR count). The summed E-state index contributed by atoms with van der Waals surface area (Å²) in [5, 5.41) is 15.1. The van der Waals surface area contributed by atoms with Crippen LogP contribution in [-0.2, 0) is 4.79 Å². The van der Waals surface area contributed by atoms with Crippen molar-refractivity contribution in [3.8, 4) is 17.2 Å². The first kappa shape index (κ1) is 15.5. The smallest absolute Gasteiger partial charge is 0.216 e. The van der Waals surface area contributed by atoms with Crippen LogP contribution in [0, 0.1) is 11.3 Å². The fraction of sp³-hybridized carbons (Fsp3) is 0.235. The first-order valence-electron chi connectivity index (χ1n) is 7.14. The van der Waals surface area contributed by atoms with Crippen LogP contribution in [0.2, 0.25) is 0 Å². The first-order chi connectivity index (χ1) is 10.7. The van der Waals surface area contributed by atoms with Gasteiger partial charge in [-0.05, 0) is 18.1 Å². The lowest BCUT2D eigenvalue weighted by Gasteiger charge is -2.09. The molecule has 0 spiro atoms. The van der Waals surface area contributed by atoms with Crippen molar-refractivity contribution < 1.29 is 4.79 Å². The molecule has 2 N–H and O–H groups in total. The van der Waals surface area contributed by atoms with E-state index in [0.29, 0.717) is 24.5 Å². The lowest BCUT2D eigenvalue weighted by molar-refractivity contribution is -0.118. The Bertz CT molecular complexity index is 677. The van der Waals surface area contributed by atoms with E-state index in [9.17, 15) is 10.1 Å². The predicted molar refractivity (Wildman–Crippen MR) is 86.2 cm³/mol. The molecule has 2 aromatic rings. The second kappa shape index (κ2) is 7.79. The minimum Gasteiger partial charge on any atom is -0.369 e. The third kappa shape index (κ3) is 4.32. The van der Waals surface area contributed by atoms with Gasteiger partial charge in [0.1, 0.15) is 11.9 Å². The van der Waals surface area contributed by atoms with E-state index in [2.05, 4.69) is 21.7 Å². The Kier molecular flexibility index (Phi) is 5.50. The monoisotopic (exact) mass is 294 g/mol. The summed E-state index contributed by atoms with van der Waals surface area (Å²) in [6.45, 7) is 2.74. The van der Waals surface area contributed by atoms with Gasteiger partial charge < -0.3 is 10.6 Å². The second-order valence-electron chi connectivity index (χ2n) is 4.86. The highest BCUT2D eigenvalue weighted by atomic mass is 16.1. The molecule has 1 aromatic carbocycles. The SMILES string of the molecule is CC(=O)NCCCNc1ncc(-c2ccccc2)cc1C#N. The Morgan fingerprint density at radius 2 is 2.00 bits per heavy atom. The zero-order valence-corrected chi connectivity index (χ0v) is 12.5. The van der Waals surface area contributed by atoms with Crippen LogP contribution in [0.15, 0.2) is 42.6 Å². The molecule has 1 heterocycles. The van der Waals surface area contributed by atoms with Gasteiger partial charge in [0.2, 0.25) is 5.91 Å². The van der Waals surface area contributed by atoms with E-state index in [1.54, 1.807) is 6.20 Å².